The Balaban J connectivity index is 1.46. The number of hydrogen-bond acceptors (Lipinski definition) is 6. The Hall–Kier alpha value is -3.36. The van der Waals surface area contributed by atoms with Crippen LogP contribution < -0.4 is 10.9 Å². The van der Waals surface area contributed by atoms with Crippen LogP contribution in [0.3, 0.4) is 0 Å². The summed E-state index contributed by atoms with van der Waals surface area (Å²) in [6.07, 6.45) is 7.17. The molecule has 1 aliphatic carbocycles. The lowest BCUT2D eigenvalue weighted by molar-refractivity contribution is -0.124. The molecule has 0 spiro atoms. The summed E-state index contributed by atoms with van der Waals surface area (Å²) in [6, 6.07) is 5.85. The van der Waals surface area contributed by atoms with Crippen LogP contribution in [-0.4, -0.2) is 35.4 Å². The predicted octanol–water partition coefficient (Wildman–Crippen LogP) is 0.974. The van der Waals surface area contributed by atoms with Gasteiger partial charge in [-0.2, -0.15) is 5.10 Å². The number of nitrogens with one attached hydrogen (secondary N) is 1. The van der Waals surface area contributed by atoms with Gasteiger partial charge in [0.2, 0.25) is 5.91 Å². The van der Waals surface area contributed by atoms with Gasteiger partial charge in [0.1, 0.15) is 12.4 Å². The first-order valence-corrected chi connectivity index (χ1v) is 8.80. The molecule has 1 atom stereocenters. The molecule has 1 aliphatic rings. The molecule has 4 rings (SSSR count). The monoisotopic (exact) mass is 365 g/mol. The van der Waals surface area contributed by atoms with Crippen LogP contribution in [0.2, 0.25) is 0 Å². The van der Waals surface area contributed by atoms with E-state index in [2.05, 4.69) is 25.5 Å². The van der Waals surface area contributed by atoms with E-state index in [1.165, 1.54) is 17.1 Å². The zero-order valence-electron chi connectivity index (χ0n) is 14.8. The first kappa shape index (κ1) is 17.1. The maximum Gasteiger partial charge on any atom is 0.267 e. The normalized spacial score (nSPS) is 14.7. The van der Waals surface area contributed by atoms with Crippen molar-refractivity contribution in [2.45, 2.75) is 38.3 Å². The standard InChI is InChI=1S/C18H19N7O2/c1-12(25-17(26)6-5-16(23-25)24-8-2-7-22-24)18(27)19-10-14-9-15(13-3-4-13)21-11-20-14/h2,5-9,11-13H,3-4,10H2,1H3,(H,19,27). The minimum atomic E-state index is -0.766. The summed E-state index contributed by atoms with van der Waals surface area (Å²) in [6.45, 7) is 1.91. The van der Waals surface area contributed by atoms with Crippen molar-refractivity contribution >= 4 is 5.91 Å². The van der Waals surface area contributed by atoms with Crippen LogP contribution in [0, 0.1) is 0 Å². The highest BCUT2D eigenvalue weighted by Crippen LogP contribution is 2.38. The summed E-state index contributed by atoms with van der Waals surface area (Å²) in [7, 11) is 0. The molecule has 0 aliphatic heterocycles. The van der Waals surface area contributed by atoms with E-state index in [-0.39, 0.29) is 18.0 Å². The molecule has 0 saturated heterocycles. The Morgan fingerprint density at radius 2 is 2.19 bits per heavy atom. The minimum absolute atomic E-state index is 0.277. The van der Waals surface area contributed by atoms with Crippen molar-refractivity contribution in [1.82, 2.24) is 34.8 Å². The van der Waals surface area contributed by atoms with Crippen molar-refractivity contribution in [3.63, 3.8) is 0 Å². The summed E-state index contributed by atoms with van der Waals surface area (Å²) in [4.78, 5) is 33.1. The molecule has 138 valence electrons. The van der Waals surface area contributed by atoms with Crippen LogP contribution in [0.25, 0.3) is 5.82 Å². The van der Waals surface area contributed by atoms with Crippen molar-refractivity contribution in [3.8, 4) is 5.82 Å². The number of amides is 1. The lowest BCUT2D eigenvalue weighted by Crippen LogP contribution is -2.37. The van der Waals surface area contributed by atoms with Gasteiger partial charge >= 0.3 is 0 Å². The maximum atomic E-state index is 12.5. The van der Waals surface area contributed by atoms with Crippen molar-refractivity contribution in [3.05, 3.63) is 64.7 Å². The van der Waals surface area contributed by atoms with Crippen LogP contribution in [0.15, 0.2) is 47.8 Å². The number of rotatable bonds is 6. The summed E-state index contributed by atoms with van der Waals surface area (Å²) in [5, 5.41) is 11.2. The van der Waals surface area contributed by atoms with Gasteiger partial charge in [-0.15, -0.1) is 5.10 Å². The van der Waals surface area contributed by atoms with E-state index in [1.807, 2.05) is 6.07 Å². The molecule has 0 bridgehead atoms. The predicted molar refractivity (Wildman–Crippen MR) is 96.2 cm³/mol. The van der Waals surface area contributed by atoms with E-state index in [9.17, 15) is 9.59 Å². The molecule has 1 amide bonds. The van der Waals surface area contributed by atoms with Gasteiger partial charge < -0.3 is 5.32 Å². The number of nitrogens with zero attached hydrogens (tertiary/aromatic N) is 6. The fourth-order valence-electron chi connectivity index (χ4n) is 2.77. The fraction of sp³-hybridized carbons (Fsp3) is 0.333. The van der Waals surface area contributed by atoms with Gasteiger partial charge in [-0.05, 0) is 38.0 Å². The molecule has 3 aromatic heterocycles. The zero-order chi connectivity index (χ0) is 18.8. The highest BCUT2D eigenvalue weighted by molar-refractivity contribution is 5.79. The largest absolute Gasteiger partial charge is 0.349 e. The molecular formula is C18H19N7O2. The Kier molecular flexibility index (Phi) is 4.49. The van der Waals surface area contributed by atoms with Gasteiger partial charge in [0.05, 0.1) is 12.2 Å². The van der Waals surface area contributed by atoms with Crippen molar-refractivity contribution in [2.24, 2.45) is 0 Å². The van der Waals surface area contributed by atoms with Crippen molar-refractivity contribution < 1.29 is 4.79 Å². The van der Waals surface area contributed by atoms with E-state index in [0.717, 1.165) is 28.9 Å². The van der Waals surface area contributed by atoms with Crippen LogP contribution >= 0.6 is 0 Å². The van der Waals surface area contributed by atoms with Crippen LogP contribution in [-0.2, 0) is 11.3 Å². The first-order chi connectivity index (χ1) is 13.1. The Labute approximate surface area is 155 Å². The second-order valence-electron chi connectivity index (χ2n) is 6.53. The summed E-state index contributed by atoms with van der Waals surface area (Å²) in [5.74, 6) is 0.673. The average Bonchev–Trinajstić information content (AvgIpc) is 3.41. The van der Waals surface area contributed by atoms with Gasteiger partial charge in [-0.1, -0.05) is 0 Å². The quantitative estimate of drug-likeness (QED) is 0.697. The molecule has 9 nitrogen and oxygen atoms in total. The molecule has 9 heteroatoms. The molecule has 0 aromatic carbocycles. The van der Waals surface area contributed by atoms with Crippen molar-refractivity contribution in [1.29, 1.82) is 0 Å². The number of carbonyl (C=O) groups excluding carboxylic acids is 1. The molecule has 1 unspecified atom stereocenters. The summed E-state index contributed by atoms with van der Waals surface area (Å²) >= 11 is 0. The number of carbonyl (C=O) groups is 1. The lowest BCUT2D eigenvalue weighted by atomic mass is 10.2. The highest BCUT2D eigenvalue weighted by Gasteiger charge is 2.25. The minimum Gasteiger partial charge on any atom is -0.349 e. The number of aromatic nitrogens is 6. The summed E-state index contributed by atoms with van der Waals surface area (Å²) in [5.41, 5.74) is 1.41. The first-order valence-electron chi connectivity index (χ1n) is 8.80. The maximum absolute atomic E-state index is 12.5. The van der Waals surface area contributed by atoms with Crippen molar-refractivity contribution in [2.75, 3.05) is 0 Å². The van der Waals surface area contributed by atoms with Gasteiger partial charge in [0, 0.05) is 30.1 Å². The van der Waals surface area contributed by atoms with Gasteiger partial charge in [0.15, 0.2) is 5.82 Å². The van der Waals surface area contributed by atoms with Gasteiger partial charge in [-0.25, -0.2) is 19.3 Å². The third-order valence-electron chi connectivity index (χ3n) is 4.48. The highest BCUT2D eigenvalue weighted by atomic mass is 16.2. The van der Waals surface area contributed by atoms with Crippen LogP contribution in [0.4, 0.5) is 0 Å². The molecule has 3 heterocycles. The van der Waals surface area contributed by atoms with Crippen LogP contribution in [0.5, 0.6) is 0 Å². The third kappa shape index (κ3) is 3.76. The SMILES string of the molecule is CC(C(=O)NCc1cc(C2CC2)ncn1)n1nc(-n2cccn2)ccc1=O. The fourth-order valence-corrected chi connectivity index (χ4v) is 2.77. The van der Waals surface area contributed by atoms with E-state index in [4.69, 9.17) is 0 Å². The second-order valence-corrected chi connectivity index (χ2v) is 6.53. The Bertz CT molecular complexity index is 1010. The van der Waals surface area contributed by atoms with E-state index in [1.54, 1.807) is 31.5 Å². The van der Waals surface area contributed by atoms with Gasteiger partial charge in [-0.3, -0.25) is 9.59 Å². The smallest absolute Gasteiger partial charge is 0.267 e. The molecule has 3 aromatic rings. The van der Waals surface area contributed by atoms with E-state index < -0.39 is 6.04 Å². The average molecular weight is 365 g/mol. The topological polar surface area (TPSA) is 108 Å². The molecule has 1 N–H and O–H groups in total. The summed E-state index contributed by atoms with van der Waals surface area (Å²) < 4.78 is 2.68. The Morgan fingerprint density at radius 1 is 1.33 bits per heavy atom. The number of hydrogen-bond donors (Lipinski definition) is 1. The molecule has 1 saturated carbocycles. The van der Waals surface area contributed by atoms with E-state index in [0.29, 0.717) is 11.7 Å². The van der Waals surface area contributed by atoms with E-state index >= 15 is 0 Å². The molecule has 27 heavy (non-hydrogen) atoms. The Morgan fingerprint density at radius 3 is 2.93 bits per heavy atom. The zero-order valence-corrected chi connectivity index (χ0v) is 14.8. The molecule has 0 radical (unpaired) electrons. The molecular weight excluding hydrogens is 346 g/mol. The second kappa shape index (κ2) is 7.10. The lowest BCUT2D eigenvalue weighted by Gasteiger charge is -2.15. The van der Waals surface area contributed by atoms with Crippen LogP contribution in [0.1, 0.15) is 43.1 Å². The molecule has 1 fully saturated rings. The third-order valence-corrected chi connectivity index (χ3v) is 4.48. The van der Waals surface area contributed by atoms with Gasteiger partial charge in [0.25, 0.3) is 5.56 Å².